The van der Waals surface area contributed by atoms with Crippen molar-refractivity contribution < 1.29 is 4.79 Å². The first-order valence-electron chi connectivity index (χ1n) is 5.57. The van der Waals surface area contributed by atoms with Gasteiger partial charge in [0.25, 0.3) is 0 Å². The van der Waals surface area contributed by atoms with Gasteiger partial charge in [0.2, 0.25) is 5.91 Å². The summed E-state index contributed by atoms with van der Waals surface area (Å²) in [6.07, 6.45) is 1.06. The van der Waals surface area contributed by atoms with Gasteiger partial charge in [-0.2, -0.15) is 0 Å². The van der Waals surface area contributed by atoms with E-state index < -0.39 is 0 Å². The zero-order valence-corrected chi connectivity index (χ0v) is 9.87. The maximum atomic E-state index is 12.0. The standard InChI is InChI=1S/C11H22N2O/c1-6-10-11(14)13(9(5)12-10)8(4)7(2)3/h7-10,12H,6H2,1-5H3. The summed E-state index contributed by atoms with van der Waals surface area (Å²) in [5.41, 5.74) is 0. The lowest BCUT2D eigenvalue weighted by molar-refractivity contribution is -0.132. The third-order valence-corrected chi connectivity index (χ3v) is 3.22. The highest BCUT2D eigenvalue weighted by atomic mass is 16.2. The van der Waals surface area contributed by atoms with Crippen molar-refractivity contribution in [3.63, 3.8) is 0 Å². The lowest BCUT2D eigenvalue weighted by atomic mass is 10.0. The number of rotatable bonds is 3. The Bertz CT molecular complexity index is 215. The van der Waals surface area contributed by atoms with E-state index in [0.717, 1.165) is 6.42 Å². The van der Waals surface area contributed by atoms with Gasteiger partial charge in [-0.15, -0.1) is 0 Å². The molecule has 82 valence electrons. The van der Waals surface area contributed by atoms with Crippen LogP contribution >= 0.6 is 0 Å². The smallest absolute Gasteiger partial charge is 0.241 e. The average Bonchev–Trinajstić information content (AvgIpc) is 2.40. The van der Waals surface area contributed by atoms with Crippen molar-refractivity contribution in [1.29, 1.82) is 0 Å². The Kier molecular flexibility index (Phi) is 3.53. The molecule has 1 amide bonds. The van der Waals surface area contributed by atoms with E-state index in [4.69, 9.17) is 0 Å². The minimum absolute atomic E-state index is 0.0335. The van der Waals surface area contributed by atoms with Gasteiger partial charge in [0.1, 0.15) is 0 Å². The predicted molar refractivity (Wildman–Crippen MR) is 57.8 cm³/mol. The molecule has 0 aromatic heterocycles. The molecule has 3 nitrogen and oxygen atoms in total. The highest BCUT2D eigenvalue weighted by Crippen LogP contribution is 2.20. The van der Waals surface area contributed by atoms with E-state index in [1.165, 1.54) is 0 Å². The molecule has 1 heterocycles. The molecule has 0 aromatic carbocycles. The first-order valence-corrected chi connectivity index (χ1v) is 5.57. The number of nitrogens with zero attached hydrogens (tertiary/aromatic N) is 1. The van der Waals surface area contributed by atoms with E-state index >= 15 is 0 Å². The van der Waals surface area contributed by atoms with Gasteiger partial charge < -0.3 is 4.90 Å². The molecule has 1 rings (SSSR count). The van der Waals surface area contributed by atoms with Crippen molar-refractivity contribution in [2.75, 3.05) is 0 Å². The Hall–Kier alpha value is -0.570. The van der Waals surface area contributed by atoms with Gasteiger partial charge in [0, 0.05) is 6.04 Å². The zero-order chi connectivity index (χ0) is 10.9. The maximum absolute atomic E-state index is 12.0. The van der Waals surface area contributed by atoms with Gasteiger partial charge in [0.05, 0.1) is 12.2 Å². The van der Waals surface area contributed by atoms with E-state index in [0.29, 0.717) is 12.0 Å². The third kappa shape index (κ3) is 1.92. The van der Waals surface area contributed by atoms with Crippen LogP contribution in [0.15, 0.2) is 0 Å². The van der Waals surface area contributed by atoms with Gasteiger partial charge in [-0.25, -0.2) is 0 Å². The molecule has 3 atom stereocenters. The number of amides is 1. The van der Waals surface area contributed by atoms with Gasteiger partial charge in [-0.05, 0) is 26.2 Å². The predicted octanol–water partition coefficient (Wildman–Crippen LogP) is 1.59. The highest BCUT2D eigenvalue weighted by molar-refractivity contribution is 5.84. The quantitative estimate of drug-likeness (QED) is 0.747. The molecular formula is C11H22N2O. The summed E-state index contributed by atoms with van der Waals surface area (Å²) in [5.74, 6) is 0.778. The fourth-order valence-corrected chi connectivity index (χ4v) is 1.98. The van der Waals surface area contributed by atoms with E-state index in [1.54, 1.807) is 0 Å². The molecule has 1 aliphatic rings. The van der Waals surface area contributed by atoms with Crippen LogP contribution in [0, 0.1) is 5.92 Å². The lowest BCUT2D eigenvalue weighted by Crippen LogP contribution is -2.44. The van der Waals surface area contributed by atoms with Crippen LogP contribution in [0.1, 0.15) is 41.0 Å². The number of nitrogens with one attached hydrogen (secondary N) is 1. The van der Waals surface area contributed by atoms with Crippen LogP contribution < -0.4 is 5.32 Å². The molecule has 14 heavy (non-hydrogen) atoms. The van der Waals surface area contributed by atoms with Crippen molar-refractivity contribution >= 4 is 5.91 Å². The van der Waals surface area contributed by atoms with Crippen LogP contribution in [-0.4, -0.2) is 29.1 Å². The van der Waals surface area contributed by atoms with Crippen molar-refractivity contribution in [3.05, 3.63) is 0 Å². The fraction of sp³-hybridized carbons (Fsp3) is 0.909. The van der Waals surface area contributed by atoms with Crippen LogP contribution in [0.3, 0.4) is 0 Å². The van der Waals surface area contributed by atoms with E-state index in [1.807, 2.05) is 11.8 Å². The molecule has 0 radical (unpaired) electrons. The molecule has 0 spiro atoms. The average molecular weight is 198 g/mol. The number of hydrogen-bond donors (Lipinski definition) is 1. The Morgan fingerprint density at radius 2 is 2.00 bits per heavy atom. The van der Waals surface area contributed by atoms with Gasteiger partial charge in [-0.3, -0.25) is 10.1 Å². The lowest BCUT2D eigenvalue weighted by Gasteiger charge is -2.31. The summed E-state index contributed by atoms with van der Waals surface area (Å²) in [7, 11) is 0. The van der Waals surface area contributed by atoms with Crippen LogP contribution in [0.25, 0.3) is 0 Å². The molecular weight excluding hydrogens is 176 g/mol. The van der Waals surface area contributed by atoms with Crippen molar-refractivity contribution in [1.82, 2.24) is 10.2 Å². The molecule has 1 fully saturated rings. The SMILES string of the molecule is CCC1NC(C)N(C(C)C(C)C)C1=O. The second-order valence-corrected chi connectivity index (χ2v) is 4.53. The fourth-order valence-electron chi connectivity index (χ4n) is 1.98. The zero-order valence-electron chi connectivity index (χ0n) is 9.87. The summed E-state index contributed by atoms with van der Waals surface area (Å²) in [6.45, 7) is 10.5. The van der Waals surface area contributed by atoms with Crippen molar-refractivity contribution in [2.45, 2.75) is 59.3 Å². The summed E-state index contributed by atoms with van der Waals surface area (Å²) >= 11 is 0. The number of carbonyl (C=O) groups is 1. The molecule has 0 aliphatic carbocycles. The molecule has 0 aromatic rings. The Morgan fingerprint density at radius 3 is 2.36 bits per heavy atom. The minimum atomic E-state index is 0.0335. The maximum Gasteiger partial charge on any atom is 0.241 e. The van der Waals surface area contributed by atoms with E-state index in [-0.39, 0.29) is 18.1 Å². The van der Waals surface area contributed by atoms with E-state index in [9.17, 15) is 4.79 Å². The van der Waals surface area contributed by atoms with Gasteiger partial charge in [0.15, 0.2) is 0 Å². The first kappa shape index (κ1) is 11.5. The topological polar surface area (TPSA) is 32.3 Å². The molecule has 3 unspecified atom stereocenters. The van der Waals surface area contributed by atoms with Crippen LogP contribution in [0.2, 0.25) is 0 Å². The summed E-state index contributed by atoms with van der Waals surface area (Å²) in [4.78, 5) is 13.9. The number of carbonyl (C=O) groups excluding carboxylic acids is 1. The first-order chi connectivity index (χ1) is 6.49. The molecule has 1 N–H and O–H groups in total. The van der Waals surface area contributed by atoms with Crippen LogP contribution in [-0.2, 0) is 4.79 Å². The molecule has 0 saturated carbocycles. The monoisotopic (exact) mass is 198 g/mol. The second kappa shape index (κ2) is 4.30. The Balaban J connectivity index is 2.74. The van der Waals surface area contributed by atoms with Crippen LogP contribution in [0.5, 0.6) is 0 Å². The Morgan fingerprint density at radius 1 is 1.43 bits per heavy atom. The highest BCUT2D eigenvalue weighted by Gasteiger charge is 2.38. The van der Waals surface area contributed by atoms with E-state index in [2.05, 4.69) is 33.0 Å². The summed E-state index contributed by atoms with van der Waals surface area (Å²) in [6, 6.07) is 0.354. The third-order valence-electron chi connectivity index (χ3n) is 3.22. The summed E-state index contributed by atoms with van der Waals surface area (Å²) < 4.78 is 0. The number of hydrogen-bond acceptors (Lipinski definition) is 2. The second-order valence-electron chi connectivity index (χ2n) is 4.53. The molecule has 0 bridgehead atoms. The Labute approximate surface area is 86.9 Å². The molecule has 1 aliphatic heterocycles. The molecule has 3 heteroatoms. The minimum Gasteiger partial charge on any atom is -0.323 e. The normalized spacial score (nSPS) is 30.1. The van der Waals surface area contributed by atoms with Crippen molar-refractivity contribution in [2.24, 2.45) is 5.92 Å². The largest absolute Gasteiger partial charge is 0.323 e. The van der Waals surface area contributed by atoms with Crippen LogP contribution in [0.4, 0.5) is 0 Å². The molecule has 1 saturated heterocycles. The van der Waals surface area contributed by atoms with Gasteiger partial charge >= 0.3 is 0 Å². The van der Waals surface area contributed by atoms with Crippen molar-refractivity contribution in [3.8, 4) is 0 Å². The van der Waals surface area contributed by atoms with Gasteiger partial charge in [-0.1, -0.05) is 20.8 Å². The summed E-state index contributed by atoms with van der Waals surface area (Å²) in [5, 5.41) is 3.32.